The van der Waals surface area contributed by atoms with Gasteiger partial charge in [-0.25, -0.2) is 8.42 Å². The second-order valence-corrected chi connectivity index (χ2v) is 10.2. The average Bonchev–Trinajstić information content (AvgIpc) is 2.84. The maximum absolute atomic E-state index is 13.7. The Morgan fingerprint density at radius 1 is 0.944 bits per heavy atom. The van der Waals surface area contributed by atoms with Crippen molar-refractivity contribution < 1.29 is 26.3 Å². The second-order valence-electron chi connectivity index (χ2n) is 8.33. The zero-order valence-corrected chi connectivity index (χ0v) is 20.3. The molecule has 0 atom stereocenters. The average molecular weight is 517 g/mol. The van der Waals surface area contributed by atoms with Crippen molar-refractivity contribution in [3.05, 3.63) is 105 Å². The number of sulfonamides is 1. The van der Waals surface area contributed by atoms with Crippen LogP contribution in [0, 0.1) is 6.92 Å². The van der Waals surface area contributed by atoms with Crippen LogP contribution in [0.25, 0.3) is 10.9 Å². The third kappa shape index (κ3) is 5.29. The number of aryl methyl sites for hydroxylation is 1. The number of halogens is 3. The fraction of sp³-hybridized carbons (Fsp3) is 0.192. The van der Waals surface area contributed by atoms with Crippen molar-refractivity contribution in [3.8, 4) is 5.75 Å². The van der Waals surface area contributed by atoms with E-state index >= 15 is 0 Å². The lowest BCUT2D eigenvalue weighted by molar-refractivity contribution is -0.139. The number of pyridine rings is 1. The molecule has 0 radical (unpaired) electrons. The van der Waals surface area contributed by atoms with Crippen LogP contribution in [-0.4, -0.2) is 24.8 Å². The number of hydrogen-bond acceptors (Lipinski definition) is 4. The molecule has 0 bridgehead atoms. The van der Waals surface area contributed by atoms with Gasteiger partial charge in [0.15, 0.2) is 0 Å². The van der Waals surface area contributed by atoms with Crippen molar-refractivity contribution in [3.63, 3.8) is 0 Å². The summed E-state index contributed by atoms with van der Waals surface area (Å²) < 4.78 is 74.4. The van der Waals surface area contributed by atoms with E-state index in [1.807, 2.05) is 19.1 Å². The molecule has 1 N–H and O–H groups in total. The number of nitrogens with zero attached hydrogens (tertiary/aromatic N) is 1. The van der Waals surface area contributed by atoms with Gasteiger partial charge in [-0.2, -0.15) is 17.5 Å². The van der Waals surface area contributed by atoms with Crippen molar-refractivity contribution in [1.29, 1.82) is 0 Å². The Kier molecular flexibility index (Phi) is 6.92. The van der Waals surface area contributed by atoms with Gasteiger partial charge < -0.3 is 9.72 Å². The summed E-state index contributed by atoms with van der Waals surface area (Å²) in [5.74, 6) is 0.539. The molecule has 0 saturated carbocycles. The van der Waals surface area contributed by atoms with Crippen molar-refractivity contribution in [2.75, 3.05) is 7.11 Å². The highest BCUT2D eigenvalue weighted by molar-refractivity contribution is 7.89. The number of nitrogens with one attached hydrogen (secondary N) is 1. The molecule has 1 aromatic heterocycles. The highest BCUT2D eigenvalue weighted by Gasteiger charge is 2.39. The number of alkyl halides is 3. The standard InChI is InChI=1S/C26H23F3N2O4S/c1-17-7-12-23-19(13-17)14-20(25(32)30-23)16-31(15-18-8-10-21(35-2)11-9-18)36(33,34)24-6-4-3-5-22(24)26(27,28)29/h3-14H,15-16H2,1-2H3,(H,30,32). The first-order valence-electron chi connectivity index (χ1n) is 10.9. The topological polar surface area (TPSA) is 79.5 Å². The lowest BCUT2D eigenvalue weighted by Gasteiger charge is -2.24. The molecular weight excluding hydrogens is 493 g/mol. The summed E-state index contributed by atoms with van der Waals surface area (Å²) in [6, 6.07) is 17.4. The van der Waals surface area contributed by atoms with E-state index < -0.39 is 38.8 Å². The summed E-state index contributed by atoms with van der Waals surface area (Å²) in [5.41, 5.74) is 0.327. The Balaban J connectivity index is 1.83. The summed E-state index contributed by atoms with van der Waals surface area (Å²) in [4.78, 5) is 14.7. The van der Waals surface area contributed by atoms with Gasteiger partial charge in [-0.05, 0) is 60.3 Å². The molecule has 0 aliphatic heterocycles. The first-order valence-corrected chi connectivity index (χ1v) is 12.3. The summed E-state index contributed by atoms with van der Waals surface area (Å²) in [6.07, 6.45) is -4.88. The van der Waals surface area contributed by atoms with E-state index in [2.05, 4.69) is 4.98 Å². The molecule has 1 heterocycles. The van der Waals surface area contributed by atoms with Gasteiger partial charge in [-0.15, -0.1) is 0 Å². The second kappa shape index (κ2) is 9.79. The number of benzene rings is 3. The molecule has 188 valence electrons. The van der Waals surface area contributed by atoms with Gasteiger partial charge in [0.25, 0.3) is 5.56 Å². The van der Waals surface area contributed by atoms with Crippen LogP contribution < -0.4 is 10.3 Å². The molecule has 10 heteroatoms. The van der Waals surface area contributed by atoms with Gasteiger partial charge in [0.2, 0.25) is 10.0 Å². The number of H-pyrrole nitrogens is 1. The number of rotatable bonds is 7. The molecule has 0 aliphatic carbocycles. The van der Waals surface area contributed by atoms with Gasteiger partial charge in [0, 0.05) is 24.2 Å². The predicted octanol–water partition coefficient (Wildman–Crippen LogP) is 5.26. The van der Waals surface area contributed by atoms with Gasteiger partial charge in [-0.3, -0.25) is 4.79 Å². The number of aromatic nitrogens is 1. The number of ether oxygens (including phenoxy) is 1. The summed E-state index contributed by atoms with van der Waals surface area (Å²) >= 11 is 0. The molecule has 0 aliphatic rings. The van der Waals surface area contributed by atoms with Crippen LogP contribution in [0.5, 0.6) is 5.75 Å². The molecule has 4 aromatic rings. The minimum Gasteiger partial charge on any atom is -0.497 e. The number of fused-ring (bicyclic) bond motifs is 1. The number of hydrogen-bond donors (Lipinski definition) is 1. The van der Waals surface area contributed by atoms with E-state index in [0.717, 1.165) is 28.1 Å². The van der Waals surface area contributed by atoms with Gasteiger partial charge in [-0.1, -0.05) is 35.9 Å². The van der Waals surface area contributed by atoms with E-state index in [1.165, 1.54) is 13.2 Å². The maximum Gasteiger partial charge on any atom is 0.417 e. The van der Waals surface area contributed by atoms with Crippen LogP contribution in [0.3, 0.4) is 0 Å². The SMILES string of the molecule is COc1ccc(CN(Cc2cc3cc(C)ccc3[nH]c2=O)S(=O)(=O)c2ccccc2C(F)(F)F)cc1. The fourth-order valence-corrected chi connectivity index (χ4v) is 5.52. The van der Waals surface area contributed by atoms with E-state index in [-0.39, 0.29) is 12.1 Å². The molecule has 0 spiro atoms. The van der Waals surface area contributed by atoms with E-state index in [0.29, 0.717) is 22.2 Å². The summed E-state index contributed by atoms with van der Waals surface area (Å²) in [5, 5.41) is 0.682. The molecular formula is C26H23F3N2O4S. The Hall–Kier alpha value is -3.63. The molecule has 0 saturated heterocycles. The Morgan fingerprint density at radius 2 is 1.64 bits per heavy atom. The molecule has 0 amide bonds. The minimum absolute atomic E-state index is 0.106. The molecule has 0 unspecified atom stereocenters. The molecule has 4 rings (SSSR count). The van der Waals surface area contributed by atoms with Crippen LogP contribution >= 0.6 is 0 Å². The zero-order valence-electron chi connectivity index (χ0n) is 19.5. The monoisotopic (exact) mass is 516 g/mol. The first kappa shape index (κ1) is 25.5. The third-order valence-corrected chi connectivity index (χ3v) is 7.60. The van der Waals surface area contributed by atoms with Crippen molar-refractivity contribution in [2.24, 2.45) is 0 Å². The van der Waals surface area contributed by atoms with Crippen LogP contribution in [0.15, 0.2) is 82.5 Å². The van der Waals surface area contributed by atoms with Gasteiger partial charge in [0.1, 0.15) is 5.75 Å². The number of methoxy groups -OCH3 is 1. The molecule has 6 nitrogen and oxygen atoms in total. The quantitative estimate of drug-likeness (QED) is 0.364. The Bertz CT molecular complexity index is 1560. The lowest BCUT2D eigenvalue weighted by atomic mass is 10.1. The van der Waals surface area contributed by atoms with Gasteiger partial charge >= 0.3 is 6.18 Å². The third-order valence-electron chi connectivity index (χ3n) is 5.75. The molecule has 0 fully saturated rings. The molecule has 3 aromatic carbocycles. The van der Waals surface area contributed by atoms with E-state index in [9.17, 15) is 26.4 Å². The lowest BCUT2D eigenvalue weighted by Crippen LogP contribution is -2.33. The smallest absolute Gasteiger partial charge is 0.417 e. The Labute approximate surface area is 206 Å². The van der Waals surface area contributed by atoms with E-state index in [1.54, 1.807) is 36.4 Å². The van der Waals surface area contributed by atoms with E-state index in [4.69, 9.17) is 4.74 Å². The van der Waals surface area contributed by atoms with Crippen molar-refractivity contribution >= 4 is 20.9 Å². The number of aromatic amines is 1. The summed E-state index contributed by atoms with van der Waals surface area (Å²) in [6.45, 7) is 1.18. The molecule has 36 heavy (non-hydrogen) atoms. The Morgan fingerprint density at radius 3 is 2.31 bits per heavy atom. The van der Waals surface area contributed by atoms with Crippen LogP contribution in [-0.2, 0) is 29.3 Å². The first-order chi connectivity index (χ1) is 17.0. The highest BCUT2D eigenvalue weighted by Crippen LogP contribution is 2.36. The highest BCUT2D eigenvalue weighted by atomic mass is 32.2. The predicted molar refractivity (Wildman–Crippen MR) is 130 cm³/mol. The van der Waals surface area contributed by atoms with Crippen LogP contribution in [0.1, 0.15) is 22.3 Å². The van der Waals surface area contributed by atoms with Crippen LogP contribution in [0.4, 0.5) is 13.2 Å². The minimum atomic E-state index is -4.88. The fourth-order valence-electron chi connectivity index (χ4n) is 3.90. The van der Waals surface area contributed by atoms with Crippen LogP contribution in [0.2, 0.25) is 0 Å². The van der Waals surface area contributed by atoms with Crippen molar-refractivity contribution in [1.82, 2.24) is 9.29 Å². The zero-order chi connectivity index (χ0) is 26.1. The normalized spacial score (nSPS) is 12.3. The van der Waals surface area contributed by atoms with Crippen molar-refractivity contribution in [2.45, 2.75) is 31.1 Å². The summed E-state index contributed by atoms with van der Waals surface area (Å²) in [7, 11) is -3.20. The maximum atomic E-state index is 13.7. The largest absolute Gasteiger partial charge is 0.497 e. The van der Waals surface area contributed by atoms with Gasteiger partial charge in [0.05, 0.1) is 17.6 Å².